The van der Waals surface area contributed by atoms with Crippen LogP contribution in [0.25, 0.3) is 0 Å². The van der Waals surface area contributed by atoms with E-state index < -0.39 is 9.84 Å². The van der Waals surface area contributed by atoms with Crippen molar-refractivity contribution in [2.45, 2.75) is 25.5 Å². The van der Waals surface area contributed by atoms with Gasteiger partial charge in [0.2, 0.25) is 5.91 Å². The van der Waals surface area contributed by atoms with E-state index in [0.29, 0.717) is 19.5 Å². The van der Waals surface area contributed by atoms with Crippen molar-refractivity contribution in [1.82, 2.24) is 10.2 Å². The third kappa shape index (κ3) is 6.07. The van der Waals surface area contributed by atoms with E-state index in [2.05, 4.69) is 5.32 Å². The number of hydrogen-bond donors (Lipinski definition) is 1. The van der Waals surface area contributed by atoms with Gasteiger partial charge in [-0.1, -0.05) is 0 Å². The van der Waals surface area contributed by atoms with Crippen LogP contribution < -0.4 is 5.32 Å². The first-order valence-corrected chi connectivity index (χ1v) is 7.11. The monoisotopic (exact) mass is 250 g/mol. The number of hydrogen-bond acceptors (Lipinski definition) is 4. The van der Waals surface area contributed by atoms with Crippen LogP contribution in [0.4, 0.5) is 0 Å². The van der Waals surface area contributed by atoms with Gasteiger partial charge >= 0.3 is 0 Å². The van der Waals surface area contributed by atoms with Gasteiger partial charge in [-0.15, -0.1) is 0 Å². The van der Waals surface area contributed by atoms with Gasteiger partial charge in [-0.3, -0.25) is 4.79 Å². The number of rotatable bonds is 7. The minimum absolute atomic E-state index is 0.0409. The van der Waals surface area contributed by atoms with Crippen LogP contribution in [-0.4, -0.2) is 57.4 Å². The Labute approximate surface area is 98.1 Å². The molecule has 1 amide bonds. The largest absolute Gasteiger partial charge is 0.349 e. The summed E-state index contributed by atoms with van der Waals surface area (Å²) >= 11 is 0. The standard InChI is InChI=1S/C10H22N2O3S/c1-9(2)16(14,15)8-7-11-6-5-10(13)12(3)4/h9,11H,5-8H2,1-4H3. The quantitative estimate of drug-likeness (QED) is 0.640. The van der Waals surface area contributed by atoms with Crippen molar-refractivity contribution in [3.8, 4) is 0 Å². The molecule has 96 valence electrons. The van der Waals surface area contributed by atoms with Gasteiger partial charge in [0.25, 0.3) is 0 Å². The molecular weight excluding hydrogens is 228 g/mol. The third-order valence-corrected chi connectivity index (χ3v) is 4.51. The Bertz CT molecular complexity index is 310. The molecule has 0 aromatic rings. The molecule has 0 heterocycles. The van der Waals surface area contributed by atoms with E-state index in [1.165, 1.54) is 4.90 Å². The van der Waals surface area contributed by atoms with Crippen molar-refractivity contribution in [3.63, 3.8) is 0 Å². The highest BCUT2D eigenvalue weighted by Gasteiger charge is 2.14. The van der Waals surface area contributed by atoms with Crippen LogP contribution >= 0.6 is 0 Å². The molecule has 0 fully saturated rings. The lowest BCUT2D eigenvalue weighted by atomic mass is 10.4. The molecule has 1 N–H and O–H groups in total. The number of carbonyl (C=O) groups is 1. The molecule has 0 saturated heterocycles. The highest BCUT2D eigenvalue weighted by atomic mass is 32.2. The van der Waals surface area contributed by atoms with Gasteiger partial charge in [0, 0.05) is 33.6 Å². The fourth-order valence-electron chi connectivity index (χ4n) is 0.994. The van der Waals surface area contributed by atoms with Gasteiger partial charge in [-0.05, 0) is 13.8 Å². The zero-order valence-electron chi connectivity index (χ0n) is 10.5. The maximum absolute atomic E-state index is 11.4. The highest BCUT2D eigenvalue weighted by molar-refractivity contribution is 7.92. The predicted molar refractivity (Wildman–Crippen MR) is 65.1 cm³/mol. The third-order valence-electron chi connectivity index (χ3n) is 2.30. The van der Waals surface area contributed by atoms with Gasteiger partial charge in [-0.2, -0.15) is 0 Å². The molecule has 0 atom stereocenters. The van der Waals surface area contributed by atoms with Gasteiger partial charge < -0.3 is 10.2 Å². The lowest BCUT2D eigenvalue weighted by Gasteiger charge is -2.11. The molecule has 6 heteroatoms. The second-order valence-corrected chi connectivity index (χ2v) is 6.88. The Morgan fingerprint density at radius 1 is 1.25 bits per heavy atom. The van der Waals surface area contributed by atoms with Gasteiger partial charge in [0.15, 0.2) is 9.84 Å². The topological polar surface area (TPSA) is 66.5 Å². The van der Waals surface area contributed by atoms with Crippen LogP contribution in [0.1, 0.15) is 20.3 Å². The molecular formula is C10H22N2O3S. The summed E-state index contributed by atoms with van der Waals surface area (Å²) < 4.78 is 22.8. The molecule has 16 heavy (non-hydrogen) atoms. The van der Waals surface area contributed by atoms with E-state index in [0.717, 1.165) is 0 Å². The van der Waals surface area contributed by atoms with E-state index in [1.54, 1.807) is 27.9 Å². The predicted octanol–water partition coefficient (Wildman–Crippen LogP) is -0.122. The molecule has 0 aliphatic heterocycles. The minimum atomic E-state index is -2.97. The van der Waals surface area contributed by atoms with Gasteiger partial charge in [0.1, 0.15) is 0 Å². The van der Waals surface area contributed by atoms with Crippen LogP contribution in [0.2, 0.25) is 0 Å². The molecule has 0 aliphatic carbocycles. The molecule has 0 aromatic carbocycles. The van der Waals surface area contributed by atoms with Crippen molar-refractivity contribution in [2.24, 2.45) is 0 Å². The summed E-state index contributed by atoms with van der Waals surface area (Å²) in [6, 6.07) is 0. The summed E-state index contributed by atoms with van der Waals surface area (Å²) in [6.45, 7) is 4.27. The van der Waals surface area contributed by atoms with Crippen LogP contribution in [0.5, 0.6) is 0 Å². The van der Waals surface area contributed by atoms with Crippen molar-refractivity contribution in [1.29, 1.82) is 0 Å². The highest BCUT2D eigenvalue weighted by Crippen LogP contribution is 1.98. The van der Waals surface area contributed by atoms with Crippen LogP contribution in [-0.2, 0) is 14.6 Å². The summed E-state index contributed by atoms with van der Waals surface area (Å²) in [7, 11) is 0.427. The Balaban J connectivity index is 3.67. The molecule has 0 bridgehead atoms. The maximum Gasteiger partial charge on any atom is 0.223 e. The van der Waals surface area contributed by atoms with Crippen LogP contribution in [0.15, 0.2) is 0 Å². The first kappa shape index (κ1) is 15.4. The Morgan fingerprint density at radius 2 is 1.81 bits per heavy atom. The molecule has 0 radical (unpaired) electrons. The lowest BCUT2D eigenvalue weighted by molar-refractivity contribution is -0.128. The van der Waals surface area contributed by atoms with E-state index in [4.69, 9.17) is 0 Å². The smallest absolute Gasteiger partial charge is 0.223 e. The summed E-state index contributed by atoms with van der Waals surface area (Å²) in [5, 5.41) is 2.62. The molecule has 0 aliphatic rings. The average molecular weight is 250 g/mol. The summed E-state index contributed by atoms with van der Waals surface area (Å²) in [5.74, 6) is 0.167. The van der Waals surface area contributed by atoms with Gasteiger partial charge in [0.05, 0.1) is 11.0 Å². The van der Waals surface area contributed by atoms with E-state index in [-0.39, 0.29) is 16.9 Å². The maximum atomic E-state index is 11.4. The molecule has 0 saturated carbocycles. The molecule has 5 nitrogen and oxygen atoms in total. The van der Waals surface area contributed by atoms with Crippen molar-refractivity contribution in [3.05, 3.63) is 0 Å². The fraction of sp³-hybridized carbons (Fsp3) is 0.900. The van der Waals surface area contributed by atoms with Crippen molar-refractivity contribution >= 4 is 15.7 Å². The van der Waals surface area contributed by atoms with Crippen LogP contribution in [0, 0.1) is 0 Å². The Kier molecular flexibility index (Phi) is 6.59. The second kappa shape index (κ2) is 6.85. The SMILES string of the molecule is CC(C)S(=O)(=O)CCNCCC(=O)N(C)C. The summed E-state index contributed by atoms with van der Waals surface area (Å²) in [4.78, 5) is 12.7. The van der Waals surface area contributed by atoms with Crippen molar-refractivity contribution < 1.29 is 13.2 Å². The van der Waals surface area contributed by atoms with Crippen molar-refractivity contribution in [2.75, 3.05) is 32.9 Å². The van der Waals surface area contributed by atoms with Gasteiger partial charge in [-0.25, -0.2) is 8.42 Å². The lowest BCUT2D eigenvalue weighted by Crippen LogP contribution is -2.30. The van der Waals surface area contributed by atoms with E-state index >= 15 is 0 Å². The first-order chi connectivity index (χ1) is 7.27. The molecule has 0 unspecified atom stereocenters. The number of nitrogens with zero attached hydrogens (tertiary/aromatic N) is 1. The Morgan fingerprint density at radius 3 is 2.25 bits per heavy atom. The zero-order chi connectivity index (χ0) is 12.8. The van der Waals surface area contributed by atoms with E-state index in [1.807, 2.05) is 0 Å². The second-order valence-electron chi connectivity index (χ2n) is 4.20. The first-order valence-electron chi connectivity index (χ1n) is 5.40. The molecule has 0 rings (SSSR count). The van der Waals surface area contributed by atoms with E-state index in [9.17, 15) is 13.2 Å². The normalized spacial score (nSPS) is 11.8. The average Bonchev–Trinajstić information content (AvgIpc) is 2.16. The number of nitrogens with one attached hydrogen (secondary N) is 1. The number of amides is 1. The number of carbonyl (C=O) groups excluding carboxylic acids is 1. The minimum Gasteiger partial charge on any atom is -0.349 e. The fourth-order valence-corrected chi connectivity index (χ4v) is 1.89. The molecule has 0 aromatic heterocycles. The summed E-state index contributed by atoms with van der Waals surface area (Å²) in [6.07, 6.45) is 0.398. The van der Waals surface area contributed by atoms with Crippen LogP contribution in [0.3, 0.4) is 0 Å². The zero-order valence-corrected chi connectivity index (χ0v) is 11.3. The Hall–Kier alpha value is -0.620. The summed E-state index contributed by atoms with van der Waals surface area (Å²) in [5.41, 5.74) is 0. The number of sulfone groups is 1. The molecule has 0 spiro atoms.